The van der Waals surface area contributed by atoms with Crippen LogP contribution in [0.4, 0.5) is 8.78 Å². The molecule has 1 N–H and O–H groups in total. The third kappa shape index (κ3) is 3.92. The minimum Gasteiger partial charge on any atom is -0.497 e. The normalized spacial score (nSPS) is 14.4. The van der Waals surface area contributed by atoms with Crippen molar-refractivity contribution < 1.29 is 13.5 Å². The molecule has 114 valence electrons. The van der Waals surface area contributed by atoms with Gasteiger partial charge in [-0.2, -0.15) is 0 Å². The summed E-state index contributed by atoms with van der Waals surface area (Å²) in [6.07, 6.45) is 0.917. The third-order valence-corrected chi connectivity index (χ3v) is 3.79. The quantitative estimate of drug-likeness (QED) is 0.806. The molecule has 1 aromatic carbocycles. The highest BCUT2D eigenvalue weighted by atomic mass is 19.1. The van der Waals surface area contributed by atoms with Crippen LogP contribution < -0.4 is 10.1 Å². The van der Waals surface area contributed by atoms with Gasteiger partial charge in [0.15, 0.2) is 0 Å². The van der Waals surface area contributed by atoms with Gasteiger partial charge in [-0.15, -0.1) is 0 Å². The molecule has 0 aliphatic rings. The lowest BCUT2D eigenvalue weighted by Gasteiger charge is -2.29. The number of nitrogens with one attached hydrogen (secondary N) is 1. The lowest BCUT2D eigenvalue weighted by Crippen LogP contribution is -2.31. The topological polar surface area (TPSA) is 21.3 Å². The number of hydrogen-bond acceptors (Lipinski definition) is 2. The molecule has 1 rings (SSSR count). The summed E-state index contributed by atoms with van der Waals surface area (Å²) in [5, 5.41) is 3.27. The van der Waals surface area contributed by atoms with E-state index in [4.69, 9.17) is 4.74 Å². The molecule has 0 radical (unpaired) electrons. The minimum absolute atomic E-state index is 0.112. The Morgan fingerprint density at radius 3 is 2.10 bits per heavy atom. The zero-order chi connectivity index (χ0) is 15.3. The number of methoxy groups -OCH3 is 1. The largest absolute Gasteiger partial charge is 0.497 e. The Morgan fingerprint density at radius 1 is 1.15 bits per heavy atom. The summed E-state index contributed by atoms with van der Waals surface area (Å²) in [5.41, 5.74) is 0.112. The maximum Gasteiger partial charge on any atom is 0.134 e. The molecule has 20 heavy (non-hydrogen) atoms. The SMILES string of the molecule is CCCNC(c1c(F)cc(OC)cc1F)C(C)C(C)C. The van der Waals surface area contributed by atoms with Crippen LogP contribution in [0.1, 0.15) is 45.7 Å². The van der Waals surface area contributed by atoms with Gasteiger partial charge in [-0.1, -0.05) is 27.7 Å². The molecule has 0 saturated heterocycles. The fraction of sp³-hybridized carbons (Fsp3) is 0.625. The van der Waals surface area contributed by atoms with Crippen LogP contribution in [0.3, 0.4) is 0 Å². The number of halogens is 2. The van der Waals surface area contributed by atoms with E-state index in [2.05, 4.69) is 19.2 Å². The number of benzene rings is 1. The first-order chi connectivity index (χ1) is 9.42. The molecule has 2 atom stereocenters. The van der Waals surface area contributed by atoms with Crippen molar-refractivity contribution in [2.45, 2.75) is 40.2 Å². The highest BCUT2D eigenvalue weighted by Gasteiger charge is 2.27. The number of rotatable bonds is 7. The van der Waals surface area contributed by atoms with Gasteiger partial charge in [0, 0.05) is 23.7 Å². The molecule has 0 bridgehead atoms. The molecule has 0 spiro atoms. The molecule has 2 unspecified atom stereocenters. The molecule has 0 aliphatic carbocycles. The predicted molar refractivity (Wildman–Crippen MR) is 77.9 cm³/mol. The van der Waals surface area contributed by atoms with Crippen molar-refractivity contribution in [2.24, 2.45) is 11.8 Å². The van der Waals surface area contributed by atoms with Gasteiger partial charge in [0.25, 0.3) is 0 Å². The first-order valence-electron chi connectivity index (χ1n) is 7.18. The fourth-order valence-electron chi connectivity index (χ4n) is 2.21. The predicted octanol–water partition coefficient (Wildman–Crippen LogP) is 4.31. The van der Waals surface area contributed by atoms with E-state index < -0.39 is 11.6 Å². The molecular weight excluding hydrogens is 260 g/mol. The smallest absolute Gasteiger partial charge is 0.134 e. The molecule has 0 fully saturated rings. The first-order valence-corrected chi connectivity index (χ1v) is 7.18. The Hall–Kier alpha value is -1.16. The van der Waals surface area contributed by atoms with Crippen molar-refractivity contribution in [2.75, 3.05) is 13.7 Å². The summed E-state index contributed by atoms with van der Waals surface area (Å²) in [4.78, 5) is 0. The monoisotopic (exact) mass is 285 g/mol. The van der Waals surface area contributed by atoms with Crippen LogP contribution >= 0.6 is 0 Å². The Morgan fingerprint density at radius 2 is 1.70 bits per heavy atom. The van der Waals surface area contributed by atoms with E-state index in [0.29, 0.717) is 5.92 Å². The van der Waals surface area contributed by atoms with Gasteiger partial charge in [0.1, 0.15) is 17.4 Å². The van der Waals surface area contributed by atoms with Crippen molar-refractivity contribution in [3.05, 3.63) is 29.3 Å². The second-order valence-corrected chi connectivity index (χ2v) is 5.54. The van der Waals surface area contributed by atoms with E-state index in [1.165, 1.54) is 19.2 Å². The molecule has 0 heterocycles. The summed E-state index contributed by atoms with van der Waals surface area (Å²) in [6.45, 7) is 8.90. The van der Waals surface area contributed by atoms with Crippen LogP contribution in [0.25, 0.3) is 0 Å². The van der Waals surface area contributed by atoms with Gasteiger partial charge in [-0.25, -0.2) is 8.78 Å². The highest BCUT2D eigenvalue weighted by Crippen LogP contribution is 2.33. The average Bonchev–Trinajstić information content (AvgIpc) is 2.40. The van der Waals surface area contributed by atoms with Crippen LogP contribution in [0.5, 0.6) is 5.75 Å². The molecule has 1 aromatic rings. The fourth-order valence-corrected chi connectivity index (χ4v) is 2.21. The average molecular weight is 285 g/mol. The van der Waals surface area contributed by atoms with Gasteiger partial charge in [-0.3, -0.25) is 0 Å². The molecule has 0 aliphatic heterocycles. The van der Waals surface area contributed by atoms with Gasteiger partial charge in [-0.05, 0) is 24.8 Å². The van der Waals surface area contributed by atoms with Crippen LogP contribution in [-0.4, -0.2) is 13.7 Å². The highest BCUT2D eigenvalue weighted by molar-refractivity contribution is 5.33. The zero-order valence-electron chi connectivity index (χ0n) is 13.0. The minimum atomic E-state index is -0.553. The second kappa shape index (κ2) is 7.58. The lowest BCUT2D eigenvalue weighted by atomic mass is 9.85. The Balaban J connectivity index is 3.19. The summed E-state index contributed by atoms with van der Waals surface area (Å²) >= 11 is 0. The Labute approximate surface area is 120 Å². The maximum atomic E-state index is 14.2. The van der Waals surface area contributed by atoms with Crippen LogP contribution in [-0.2, 0) is 0 Å². The van der Waals surface area contributed by atoms with Crippen LogP contribution in [0.15, 0.2) is 12.1 Å². The van der Waals surface area contributed by atoms with Gasteiger partial charge >= 0.3 is 0 Å². The van der Waals surface area contributed by atoms with Crippen LogP contribution in [0, 0.1) is 23.5 Å². The summed E-state index contributed by atoms with van der Waals surface area (Å²) in [6, 6.07) is 2.15. The standard InChI is InChI=1S/C16H25F2NO/c1-6-7-19-16(11(4)10(2)3)15-13(17)8-12(20-5)9-14(15)18/h8-11,16,19H,6-7H2,1-5H3. The maximum absolute atomic E-state index is 14.2. The summed E-state index contributed by atoms with van der Waals surface area (Å²) in [5.74, 6) is -0.453. The summed E-state index contributed by atoms with van der Waals surface area (Å²) < 4.78 is 33.4. The second-order valence-electron chi connectivity index (χ2n) is 5.54. The Bertz CT molecular complexity index is 411. The van der Waals surface area contributed by atoms with Gasteiger partial charge in [0.2, 0.25) is 0 Å². The van der Waals surface area contributed by atoms with E-state index in [0.717, 1.165) is 13.0 Å². The lowest BCUT2D eigenvalue weighted by molar-refractivity contribution is 0.289. The Kier molecular flexibility index (Phi) is 6.40. The first kappa shape index (κ1) is 16.9. The van der Waals surface area contributed by atoms with E-state index >= 15 is 0 Å². The van der Waals surface area contributed by atoms with Crippen molar-refractivity contribution in [1.29, 1.82) is 0 Å². The van der Waals surface area contributed by atoms with E-state index in [9.17, 15) is 8.78 Å². The van der Waals surface area contributed by atoms with Crippen molar-refractivity contribution in [3.8, 4) is 5.75 Å². The van der Waals surface area contributed by atoms with Gasteiger partial charge in [0.05, 0.1) is 7.11 Å². The number of ether oxygens (including phenoxy) is 1. The van der Waals surface area contributed by atoms with Gasteiger partial charge < -0.3 is 10.1 Å². The third-order valence-electron chi connectivity index (χ3n) is 3.79. The molecule has 0 saturated carbocycles. The van der Waals surface area contributed by atoms with E-state index in [1.54, 1.807) is 0 Å². The molecule has 4 heteroatoms. The van der Waals surface area contributed by atoms with Crippen molar-refractivity contribution in [1.82, 2.24) is 5.32 Å². The van der Waals surface area contributed by atoms with Crippen LogP contribution in [0.2, 0.25) is 0 Å². The molecule has 2 nitrogen and oxygen atoms in total. The van der Waals surface area contributed by atoms with E-state index in [-0.39, 0.29) is 23.3 Å². The summed E-state index contributed by atoms with van der Waals surface area (Å²) in [7, 11) is 1.40. The zero-order valence-corrected chi connectivity index (χ0v) is 13.0. The molecular formula is C16H25F2NO. The molecule has 0 amide bonds. The number of hydrogen-bond donors (Lipinski definition) is 1. The van der Waals surface area contributed by atoms with E-state index in [1.807, 2.05) is 13.8 Å². The molecule has 0 aromatic heterocycles. The van der Waals surface area contributed by atoms with Crippen molar-refractivity contribution in [3.63, 3.8) is 0 Å². The van der Waals surface area contributed by atoms with Crippen molar-refractivity contribution >= 4 is 0 Å².